The van der Waals surface area contributed by atoms with Gasteiger partial charge in [-0.05, 0) is 12.1 Å². The first-order valence-corrected chi connectivity index (χ1v) is 8.17. The molecule has 4 rings (SSSR count). The summed E-state index contributed by atoms with van der Waals surface area (Å²) in [4.78, 5) is 24.1. The molecule has 0 aromatic carbocycles. The molecule has 0 spiro atoms. The van der Waals surface area contributed by atoms with E-state index in [9.17, 15) is 13.2 Å². The first kappa shape index (κ1) is 18.4. The van der Waals surface area contributed by atoms with Crippen LogP contribution in [0, 0.1) is 0 Å². The van der Waals surface area contributed by atoms with Gasteiger partial charge in [0.15, 0.2) is 0 Å². The van der Waals surface area contributed by atoms with Crippen LogP contribution in [-0.2, 0) is 12.7 Å². The highest BCUT2D eigenvalue weighted by molar-refractivity contribution is 5.58. The van der Waals surface area contributed by atoms with Crippen LogP contribution in [0.4, 0.5) is 19.0 Å². The Hall–Kier alpha value is -3.96. The van der Waals surface area contributed by atoms with E-state index in [1.54, 1.807) is 30.9 Å². The molecule has 4 heterocycles. The van der Waals surface area contributed by atoms with Gasteiger partial charge < -0.3 is 9.84 Å². The third-order valence-electron chi connectivity index (χ3n) is 3.65. The smallest absolute Gasteiger partial charge is 0.361 e. The second-order valence-corrected chi connectivity index (χ2v) is 5.69. The fraction of sp³-hybridized carbons (Fsp3) is 0.118. The zero-order valence-corrected chi connectivity index (χ0v) is 14.5. The highest BCUT2D eigenvalue weighted by atomic mass is 19.4. The van der Waals surface area contributed by atoms with Gasteiger partial charge in [-0.25, -0.2) is 15.0 Å². The number of alkyl halides is 3. The van der Waals surface area contributed by atoms with E-state index in [1.807, 2.05) is 6.07 Å². The average molecular weight is 400 g/mol. The lowest BCUT2D eigenvalue weighted by Crippen LogP contribution is -2.06. The van der Waals surface area contributed by atoms with Crippen LogP contribution in [0.2, 0.25) is 0 Å². The number of aromatic nitrogens is 7. The molecule has 0 atom stereocenters. The van der Waals surface area contributed by atoms with E-state index in [-0.39, 0.29) is 17.9 Å². The first-order chi connectivity index (χ1) is 14.0. The summed E-state index contributed by atoms with van der Waals surface area (Å²) in [5.74, 6) is -0.772. The van der Waals surface area contributed by atoms with E-state index in [2.05, 4.69) is 44.9 Å². The molecular weight excluding hydrogens is 389 g/mol. The third-order valence-corrected chi connectivity index (χ3v) is 3.65. The van der Waals surface area contributed by atoms with Crippen molar-refractivity contribution in [3.8, 4) is 22.6 Å². The third kappa shape index (κ3) is 4.31. The molecule has 9 nitrogen and oxygen atoms in total. The summed E-state index contributed by atoms with van der Waals surface area (Å²) < 4.78 is 41.8. The zero-order valence-electron chi connectivity index (χ0n) is 14.5. The molecular formula is C17H11F3N8O. The van der Waals surface area contributed by atoms with Crippen LogP contribution in [0.15, 0.2) is 53.8 Å². The lowest BCUT2D eigenvalue weighted by atomic mass is 10.2. The normalized spacial score (nSPS) is 11.4. The summed E-state index contributed by atoms with van der Waals surface area (Å²) in [7, 11) is 0. The minimum atomic E-state index is -4.71. The zero-order chi connectivity index (χ0) is 20.3. The maximum atomic E-state index is 12.5. The van der Waals surface area contributed by atoms with Crippen LogP contribution in [0.25, 0.3) is 22.6 Å². The molecule has 0 unspecified atom stereocenters. The molecule has 1 N–H and O–H groups in total. The molecule has 0 amide bonds. The van der Waals surface area contributed by atoms with Gasteiger partial charge in [0.05, 0.1) is 30.2 Å². The molecule has 4 aromatic heterocycles. The van der Waals surface area contributed by atoms with Crippen LogP contribution in [0.3, 0.4) is 0 Å². The number of pyridine rings is 1. The molecule has 0 aliphatic heterocycles. The molecule has 0 fully saturated rings. The van der Waals surface area contributed by atoms with Gasteiger partial charge in [0.25, 0.3) is 0 Å². The van der Waals surface area contributed by atoms with E-state index in [0.717, 1.165) is 5.56 Å². The molecule has 0 saturated carbocycles. The summed E-state index contributed by atoms with van der Waals surface area (Å²) in [6.07, 6.45) is 4.43. The largest absolute Gasteiger partial charge is 0.471 e. The Morgan fingerprint density at radius 1 is 0.931 bits per heavy atom. The van der Waals surface area contributed by atoms with Gasteiger partial charge >= 0.3 is 12.1 Å². The SMILES string of the molecule is FC(F)(F)c1nc(-c2cnc(CNc3cncc(-c4cccnc4)n3)nc2)no1. The monoisotopic (exact) mass is 400 g/mol. The van der Waals surface area contributed by atoms with Gasteiger partial charge in [-0.3, -0.25) is 9.97 Å². The van der Waals surface area contributed by atoms with Crippen LogP contribution in [0.5, 0.6) is 0 Å². The molecule has 0 aliphatic rings. The molecule has 0 bridgehead atoms. The maximum Gasteiger partial charge on any atom is 0.471 e. The standard InChI is InChI=1S/C17H11F3N8O/c18-17(19,20)16-27-15(28-29-16)11-5-23-13(24-6-11)9-25-14-8-22-7-12(26-14)10-2-1-3-21-4-10/h1-8H,9H2,(H,25,26). The Bertz CT molecular complexity index is 1100. The topological polar surface area (TPSA) is 115 Å². The Kier molecular flexibility index (Phi) is 4.81. The van der Waals surface area contributed by atoms with Crippen molar-refractivity contribution >= 4 is 5.82 Å². The number of rotatable bonds is 5. The minimum Gasteiger partial charge on any atom is -0.361 e. The first-order valence-electron chi connectivity index (χ1n) is 8.17. The van der Waals surface area contributed by atoms with Crippen molar-refractivity contribution in [2.24, 2.45) is 0 Å². The van der Waals surface area contributed by atoms with Crippen molar-refractivity contribution in [2.45, 2.75) is 12.7 Å². The summed E-state index contributed by atoms with van der Waals surface area (Å²) >= 11 is 0. The van der Waals surface area contributed by atoms with Gasteiger partial charge in [-0.15, -0.1) is 0 Å². The Morgan fingerprint density at radius 3 is 2.45 bits per heavy atom. The molecule has 0 saturated heterocycles. The predicted molar refractivity (Wildman–Crippen MR) is 92.9 cm³/mol. The fourth-order valence-corrected chi connectivity index (χ4v) is 2.29. The second kappa shape index (κ2) is 7.58. The summed E-state index contributed by atoms with van der Waals surface area (Å²) in [5.41, 5.74) is 1.67. The highest BCUT2D eigenvalue weighted by Crippen LogP contribution is 2.29. The lowest BCUT2D eigenvalue weighted by Gasteiger charge is -2.06. The Morgan fingerprint density at radius 2 is 1.76 bits per heavy atom. The van der Waals surface area contributed by atoms with Crippen LogP contribution in [-0.4, -0.2) is 35.1 Å². The molecule has 4 aromatic rings. The van der Waals surface area contributed by atoms with Gasteiger partial charge in [-0.2, -0.15) is 18.2 Å². The molecule has 0 aliphatic carbocycles. The summed E-state index contributed by atoms with van der Waals surface area (Å²) in [6, 6.07) is 3.67. The van der Waals surface area contributed by atoms with Crippen LogP contribution >= 0.6 is 0 Å². The van der Waals surface area contributed by atoms with E-state index >= 15 is 0 Å². The fourth-order valence-electron chi connectivity index (χ4n) is 2.29. The van der Waals surface area contributed by atoms with Gasteiger partial charge in [0.1, 0.15) is 11.6 Å². The molecule has 29 heavy (non-hydrogen) atoms. The van der Waals surface area contributed by atoms with E-state index in [4.69, 9.17) is 0 Å². The average Bonchev–Trinajstić information content (AvgIpc) is 3.24. The van der Waals surface area contributed by atoms with E-state index in [1.165, 1.54) is 12.4 Å². The van der Waals surface area contributed by atoms with Gasteiger partial charge in [-0.1, -0.05) is 5.16 Å². The predicted octanol–water partition coefficient (Wildman–Crippen LogP) is 3.01. The van der Waals surface area contributed by atoms with Crippen LogP contribution in [0.1, 0.15) is 11.7 Å². The van der Waals surface area contributed by atoms with Crippen molar-refractivity contribution in [1.82, 2.24) is 35.1 Å². The Balaban J connectivity index is 1.43. The van der Waals surface area contributed by atoms with Crippen molar-refractivity contribution in [3.63, 3.8) is 0 Å². The highest BCUT2D eigenvalue weighted by Gasteiger charge is 2.38. The quantitative estimate of drug-likeness (QED) is 0.540. The number of anilines is 1. The molecule has 12 heteroatoms. The van der Waals surface area contributed by atoms with Crippen molar-refractivity contribution in [2.75, 3.05) is 5.32 Å². The van der Waals surface area contributed by atoms with Crippen molar-refractivity contribution in [1.29, 1.82) is 0 Å². The molecule has 0 radical (unpaired) electrons. The van der Waals surface area contributed by atoms with Crippen LogP contribution < -0.4 is 5.32 Å². The Labute approximate surface area is 161 Å². The number of nitrogens with zero attached hydrogens (tertiary/aromatic N) is 7. The number of nitrogens with one attached hydrogen (secondary N) is 1. The second-order valence-electron chi connectivity index (χ2n) is 5.69. The number of hydrogen-bond donors (Lipinski definition) is 1. The van der Waals surface area contributed by atoms with E-state index < -0.39 is 12.1 Å². The van der Waals surface area contributed by atoms with Crippen molar-refractivity contribution in [3.05, 3.63) is 61.0 Å². The molecule has 146 valence electrons. The summed E-state index contributed by atoms with van der Waals surface area (Å²) in [6.45, 7) is 0.228. The summed E-state index contributed by atoms with van der Waals surface area (Å²) in [5, 5.41) is 6.33. The van der Waals surface area contributed by atoms with E-state index in [0.29, 0.717) is 17.3 Å². The lowest BCUT2D eigenvalue weighted by molar-refractivity contribution is -0.159. The number of halogens is 3. The maximum absolute atomic E-state index is 12.5. The van der Waals surface area contributed by atoms with Gasteiger partial charge in [0, 0.05) is 30.4 Å². The van der Waals surface area contributed by atoms with Crippen molar-refractivity contribution < 1.29 is 17.7 Å². The van der Waals surface area contributed by atoms with Gasteiger partial charge in [0.2, 0.25) is 5.82 Å². The minimum absolute atomic E-state index is 0.200. The number of hydrogen-bond acceptors (Lipinski definition) is 9.